The van der Waals surface area contributed by atoms with Crippen molar-refractivity contribution in [1.82, 2.24) is 0 Å². The van der Waals surface area contributed by atoms with Crippen molar-refractivity contribution in [1.29, 1.82) is 0 Å². The van der Waals surface area contributed by atoms with E-state index in [1.165, 1.54) is 19.2 Å². The first-order chi connectivity index (χ1) is 5.15. The minimum absolute atomic E-state index is 0.0597. The molecule has 0 saturated heterocycles. The van der Waals surface area contributed by atoms with E-state index in [1.54, 1.807) is 0 Å². The lowest BCUT2D eigenvalue weighted by atomic mass is 10.3. The SMILES string of the molecule is COc1c(F)cc(S)cc1Cl. The number of hydrogen-bond donors (Lipinski definition) is 1. The predicted octanol–water partition coefficient (Wildman–Crippen LogP) is 2.78. The van der Waals surface area contributed by atoms with Gasteiger partial charge in [0.15, 0.2) is 11.6 Å². The molecule has 60 valence electrons. The van der Waals surface area contributed by atoms with E-state index in [0.29, 0.717) is 4.90 Å². The van der Waals surface area contributed by atoms with E-state index in [0.717, 1.165) is 0 Å². The molecule has 0 bridgehead atoms. The van der Waals surface area contributed by atoms with Gasteiger partial charge in [-0.25, -0.2) is 4.39 Å². The molecule has 1 nitrogen and oxygen atoms in total. The summed E-state index contributed by atoms with van der Waals surface area (Å²) >= 11 is 9.55. The molecule has 0 aliphatic rings. The van der Waals surface area contributed by atoms with Gasteiger partial charge in [-0.1, -0.05) is 11.6 Å². The van der Waals surface area contributed by atoms with Gasteiger partial charge in [0.25, 0.3) is 0 Å². The fraction of sp³-hybridized carbons (Fsp3) is 0.143. The highest BCUT2D eigenvalue weighted by molar-refractivity contribution is 7.80. The Labute approximate surface area is 74.5 Å². The molecule has 0 heterocycles. The zero-order chi connectivity index (χ0) is 8.43. The highest BCUT2D eigenvalue weighted by Crippen LogP contribution is 2.29. The maximum absolute atomic E-state index is 12.9. The van der Waals surface area contributed by atoms with Crippen LogP contribution in [0, 0.1) is 5.82 Å². The molecule has 0 radical (unpaired) electrons. The molecule has 0 aliphatic heterocycles. The van der Waals surface area contributed by atoms with E-state index in [2.05, 4.69) is 17.4 Å². The molecule has 11 heavy (non-hydrogen) atoms. The van der Waals surface area contributed by atoms with Gasteiger partial charge in [0.1, 0.15) is 0 Å². The maximum atomic E-state index is 12.9. The van der Waals surface area contributed by atoms with E-state index in [4.69, 9.17) is 11.6 Å². The summed E-state index contributed by atoms with van der Waals surface area (Å²) in [4.78, 5) is 0.480. The molecule has 0 spiro atoms. The molecular formula is C7H6ClFOS. The lowest BCUT2D eigenvalue weighted by molar-refractivity contribution is 0.386. The highest BCUT2D eigenvalue weighted by Gasteiger charge is 2.07. The molecule has 0 atom stereocenters. The number of methoxy groups -OCH3 is 1. The zero-order valence-electron chi connectivity index (χ0n) is 5.77. The molecule has 1 rings (SSSR count). The van der Waals surface area contributed by atoms with Gasteiger partial charge in [-0.2, -0.15) is 0 Å². The zero-order valence-corrected chi connectivity index (χ0v) is 7.42. The third kappa shape index (κ3) is 1.79. The van der Waals surface area contributed by atoms with Crippen LogP contribution in [0.25, 0.3) is 0 Å². The average molecular weight is 193 g/mol. The van der Waals surface area contributed by atoms with Crippen molar-refractivity contribution in [3.63, 3.8) is 0 Å². The van der Waals surface area contributed by atoms with Crippen LogP contribution in [0.1, 0.15) is 0 Å². The van der Waals surface area contributed by atoms with Gasteiger partial charge in [0.2, 0.25) is 0 Å². The second-order valence-corrected chi connectivity index (χ2v) is 2.87. The van der Waals surface area contributed by atoms with Crippen LogP contribution < -0.4 is 4.74 Å². The predicted molar refractivity (Wildman–Crippen MR) is 45.2 cm³/mol. The van der Waals surface area contributed by atoms with Crippen LogP contribution in [-0.2, 0) is 0 Å². The summed E-state index contributed by atoms with van der Waals surface area (Å²) in [5.74, 6) is -0.436. The number of ether oxygens (including phenoxy) is 1. The molecule has 0 amide bonds. The number of thiol groups is 1. The van der Waals surface area contributed by atoms with Gasteiger partial charge in [-0.3, -0.25) is 0 Å². The summed E-state index contributed by atoms with van der Waals surface area (Å²) < 4.78 is 17.5. The first kappa shape index (κ1) is 8.68. The monoisotopic (exact) mass is 192 g/mol. The van der Waals surface area contributed by atoms with Crippen LogP contribution in [0.2, 0.25) is 5.02 Å². The van der Waals surface area contributed by atoms with Gasteiger partial charge in [0.05, 0.1) is 12.1 Å². The smallest absolute Gasteiger partial charge is 0.173 e. The normalized spacial score (nSPS) is 9.82. The Hall–Kier alpha value is -0.410. The fourth-order valence-electron chi connectivity index (χ4n) is 0.742. The maximum Gasteiger partial charge on any atom is 0.173 e. The molecule has 0 saturated carbocycles. The van der Waals surface area contributed by atoms with Crippen molar-refractivity contribution in [2.75, 3.05) is 7.11 Å². The van der Waals surface area contributed by atoms with Crippen molar-refractivity contribution in [3.8, 4) is 5.75 Å². The second kappa shape index (κ2) is 3.32. The minimum Gasteiger partial charge on any atom is -0.492 e. The number of rotatable bonds is 1. The third-order valence-electron chi connectivity index (χ3n) is 1.19. The standard InChI is InChI=1S/C7H6ClFOS/c1-10-7-5(8)2-4(11)3-6(7)9/h2-3,11H,1H3. The molecule has 0 aromatic heterocycles. The Morgan fingerprint density at radius 1 is 1.55 bits per heavy atom. The Kier molecular flexibility index (Phi) is 2.62. The molecule has 4 heteroatoms. The number of benzene rings is 1. The minimum atomic E-state index is -0.495. The van der Waals surface area contributed by atoms with Gasteiger partial charge >= 0.3 is 0 Å². The molecule has 0 unspecified atom stereocenters. The van der Waals surface area contributed by atoms with Crippen LogP contribution in [0.3, 0.4) is 0 Å². The van der Waals surface area contributed by atoms with Crippen molar-refractivity contribution in [2.24, 2.45) is 0 Å². The van der Waals surface area contributed by atoms with Crippen LogP contribution in [0.15, 0.2) is 17.0 Å². The van der Waals surface area contributed by atoms with E-state index >= 15 is 0 Å². The Morgan fingerprint density at radius 2 is 2.18 bits per heavy atom. The van der Waals surface area contributed by atoms with Gasteiger partial charge < -0.3 is 4.74 Å². The molecule has 1 aromatic rings. The van der Waals surface area contributed by atoms with Gasteiger partial charge in [-0.05, 0) is 12.1 Å². The van der Waals surface area contributed by atoms with Crippen LogP contribution >= 0.6 is 24.2 Å². The summed E-state index contributed by atoms with van der Waals surface area (Å²) in [5, 5.41) is 0.234. The topological polar surface area (TPSA) is 9.23 Å². The van der Waals surface area contributed by atoms with Crippen molar-refractivity contribution in [3.05, 3.63) is 23.0 Å². The van der Waals surface area contributed by atoms with Crippen molar-refractivity contribution >= 4 is 24.2 Å². The molecule has 0 aliphatic carbocycles. The second-order valence-electron chi connectivity index (χ2n) is 1.94. The number of hydrogen-bond acceptors (Lipinski definition) is 2. The van der Waals surface area contributed by atoms with Crippen molar-refractivity contribution < 1.29 is 9.13 Å². The summed E-state index contributed by atoms with van der Waals surface area (Å²) in [7, 11) is 1.36. The van der Waals surface area contributed by atoms with E-state index in [1.807, 2.05) is 0 Å². The lowest BCUT2D eigenvalue weighted by Gasteiger charge is -2.03. The van der Waals surface area contributed by atoms with E-state index < -0.39 is 5.82 Å². The van der Waals surface area contributed by atoms with E-state index in [9.17, 15) is 4.39 Å². The molecule has 1 aromatic carbocycles. The first-order valence-corrected chi connectivity index (χ1v) is 3.69. The Bertz CT molecular complexity index is 254. The number of halogens is 2. The summed E-state index contributed by atoms with van der Waals surface area (Å²) in [6.07, 6.45) is 0. The molecule has 0 N–H and O–H groups in total. The fourth-order valence-corrected chi connectivity index (χ4v) is 1.35. The van der Waals surface area contributed by atoms with Crippen LogP contribution in [0.5, 0.6) is 5.75 Å². The van der Waals surface area contributed by atoms with Crippen LogP contribution in [0.4, 0.5) is 4.39 Å². The quantitative estimate of drug-likeness (QED) is 0.674. The highest BCUT2D eigenvalue weighted by atomic mass is 35.5. The summed E-state index contributed by atoms with van der Waals surface area (Å²) in [6.45, 7) is 0. The Balaban J connectivity index is 3.25. The van der Waals surface area contributed by atoms with Crippen molar-refractivity contribution in [2.45, 2.75) is 4.90 Å². The first-order valence-electron chi connectivity index (χ1n) is 2.87. The lowest BCUT2D eigenvalue weighted by Crippen LogP contribution is -1.88. The summed E-state index contributed by atoms with van der Waals surface area (Å²) in [6, 6.07) is 2.76. The van der Waals surface area contributed by atoms with Gasteiger partial charge in [-0.15, -0.1) is 12.6 Å². The Morgan fingerprint density at radius 3 is 2.64 bits per heavy atom. The third-order valence-corrected chi connectivity index (χ3v) is 1.73. The van der Waals surface area contributed by atoms with Gasteiger partial charge in [0, 0.05) is 4.90 Å². The summed E-state index contributed by atoms with van der Waals surface area (Å²) in [5.41, 5.74) is 0. The van der Waals surface area contributed by atoms with E-state index in [-0.39, 0.29) is 10.8 Å². The average Bonchev–Trinajstić information content (AvgIpc) is 1.85. The largest absolute Gasteiger partial charge is 0.492 e. The van der Waals surface area contributed by atoms with Crippen LogP contribution in [-0.4, -0.2) is 7.11 Å². The molecular weight excluding hydrogens is 187 g/mol. The molecule has 0 fully saturated rings.